The van der Waals surface area contributed by atoms with Gasteiger partial charge in [0, 0.05) is 11.1 Å². The first-order valence-electron chi connectivity index (χ1n) is 7.22. The second kappa shape index (κ2) is 5.68. The molecule has 0 amide bonds. The zero-order valence-corrected chi connectivity index (χ0v) is 12.0. The Labute approximate surface area is 123 Å². The largest absolute Gasteiger partial charge is 0.493 e. The van der Waals surface area contributed by atoms with E-state index in [0.29, 0.717) is 11.1 Å². The normalized spacial score (nSPS) is 14.0. The van der Waals surface area contributed by atoms with E-state index in [9.17, 15) is 9.18 Å². The first-order valence-corrected chi connectivity index (χ1v) is 7.22. The predicted octanol–water partition coefficient (Wildman–Crippen LogP) is 4.08. The number of aryl methyl sites for hydroxylation is 2. The molecule has 3 rings (SSSR count). The molecule has 108 valence electrons. The lowest BCUT2D eigenvalue weighted by atomic mass is 9.96. The third-order valence-electron chi connectivity index (χ3n) is 3.79. The van der Waals surface area contributed by atoms with Crippen LogP contribution in [0.25, 0.3) is 0 Å². The second-order valence-electron chi connectivity index (χ2n) is 5.43. The topological polar surface area (TPSA) is 26.3 Å². The fourth-order valence-corrected chi connectivity index (χ4v) is 2.76. The lowest BCUT2D eigenvalue weighted by molar-refractivity contribution is 0.103. The Morgan fingerprint density at radius 1 is 1.14 bits per heavy atom. The maximum absolute atomic E-state index is 13.3. The van der Waals surface area contributed by atoms with Crippen LogP contribution in [-0.4, -0.2) is 12.4 Å². The summed E-state index contributed by atoms with van der Waals surface area (Å²) >= 11 is 0. The number of carbonyl (C=O) groups excluding carboxylic acids is 1. The predicted molar refractivity (Wildman–Crippen MR) is 79.4 cm³/mol. The third kappa shape index (κ3) is 2.82. The van der Waals surface area contributed by atoms with Gasteiger partial charge in [0.2, 0.25) is 0 Å². The summed E-state index contributed by atoms with van der Waals surface area (Å²) in [6.45, 7) is 2.68. The lowest BCUT2D eigenvalue weighted by Gasteiger charge is -2.12. The van der Waals surface area contributed by atoms with Crippen LogP contribution in [0.5, 0.6) is 5.75 Å². The minimum atomic E-state index is -0.393. The van der Waals surface area contributed by atoms with Gasteiger partial charge in [-0.1, -0.05) is 12.1 Å². The minimum Gasteiger partial charge on any atom is -0.493 e. The van der Waals surface area contributed by atoms with Gasteiger partial charge < -0.3 is 4.74 Å². The van der Waals surface area contributed by atoms with Crippen LogP contribution in [0.3, 0.4) is 0 Å². The van der Waals surface area contributed by atoms with Crippen molar-refractivity contribution in [2.24, 2.45) is 0 Å². The average Bonchev–Trinajstić information content (AvgIpc) is 2.72. The number of hydrogen-bond acceptors (Lipinski definition) is 2. The molecule has 0 fully saturated rings. The van der Waals surface area contributed by atoms with Crippen molar-refractivity contribution < 1.29 is 13.9 Å². The van der Waals surface area contributed by atoms with Crippen molar-refractivity contribution in [2.75, 3.05) is 6.61 Å². The molecule has 0 N–H and O–H groups in total. The smallest absolute Gasteiger partial charge is 0.193 e. The van der Waals surface area contributed by atoms with Gasteiger partial charge in [-0.15, -0.1) is 0 Å². The Balaban J connectivity index is 2.01. The number of ketones is 1. The summed E-state index contributed by atoms with van der Waals surface area (Å²) in [7, 11) is 0. The number of benzene rings is 2. The molecule has 0 saturated carbocycles. The van der Waals surface area contributed by atoms with Gasteiger partial charge in [-0.25, -0.2) is 4.39 Å². The Morgan fingerprint density at radius 3 is 2.81 bits per heavy atom. The van der Waals surface area contributed by atoms with Crippen molar-refractivity contribution in [3.8, 4) is 5.75 Å². The number of halogens is 1. The molecule has 0 aromatic heterocycles. The molecular weight excluding hydrogens is 267 g/mol. The molecule has 0 radical (unpaired) electrons. The van der Waals surface area contributed by atoms with Gasteiger partial charge >= 0.3 is 0 Å². The van der Waals surface area contributed by atoms with Gasteiger partial charge in [0.1, 0.15) is 11.6 Å². The molecule has 2 aromatic rings. The maximum Gasteiger partial charge on any atom is 0.193 e. The average molecular weight is 284 g/mol. The Kier molecular flexibility index (Phi) is 3.74. The van der Waals surface area contributed by atoms with E-state index in [1.165, 1.54) is 12.1 Å². The summed E-state index contributed by atoms with van der Waals surface area (Å²) in [6.07, 6.45) is 3.01. The summed E-state index contributed by atoms with van der Waals surface area (Å²) in [5.74, 6) is 0.364. The SMILES string of the molecule is Cc1cc(C(=O)c2cccc(F)c2)cc2c1OCCCC2. The first-order chi connectivity index (χ1) is 10.1. The summed E-state index contributed by atoms with van der Waals surface area (Å²) in [6, 6.07) is 9.54. The zero-order chi connectivity index (χ0) is 14.8. The Hall–Kier alpha value is -2.16. The molecule has 1 heterocycles. The van der Waals surface area contributed by atoms with Crippen LogP contribution in [0.2, 0.25) is 0 Å². The van der Waals surface area contributed by atoms with Gasteiger partial charge in [-0.3, -0.25) is 4.79 Å². The van der Waals surface area contributed by atoms with Crippen molar-refractivity contribution in [3.63, 3.8) is 0 Å². The van der Waals surface area contributed by atoms with Crippen molar-refractivity contribution in [2.45, 2.75) is 26.2 Å². The zero-order valence-electron chi connectivity index (χ0n) is 12.0. The van der Waals surface area contributed by atoms with Crippen LogP contribution in [0.4, 0.5) is 4.39 Å². The van der Waals surface area contributed by atoms with Gasteiger partial charge in [0.15, 0.2) is 5.78 Å². The first kappa shape index (κ1) is 13.8. The van der Waals surface area contributed by atoms with Crippen LogP contribution < -0.4 is 4.74 Å². The third-order valence-corrected chi connectivity index (χ3v) is 3.79. The number of rotatable bonds is 2. The highest BCUT2D eigenvalue weighted by Gasteiger charge is 2.17. The Morgan fingerprint density at radius 2 is 2.00 bits per heavy atom. The highest BCUT2D eigenvalue weighted by molar-refractivity contribution is 6.09. The van der Waals surface area contributed by atoms with Crippen LogP contribution >= 0.6 is 0 Å². The highest BCUT2D eigenvalue weighted by Crippen LogP contribution is 2.30. The van der Waals surface area contributed by atoms with Gasteiger partial charge in [-0.2, -0.15) is 0 Å². The van der Waals surface area contributed by atoms with Crippen molar-refractivity contribution in [1.82, 2.24) is 0 Å². The molecule has 0 spiro atoms. The van der Waals surface area contributed by atoms with Crippen LogP contribution in [0, 0.1) is 12.7 Å². The quantitative estimate of drug-likeness (QED) is 0.777. The molecule has 1 aliphatic heterocycles. The molecule has 2 aromatic carbocycles. The summed E-state index contributed by atoms with van der Waals surface area (Å²) in [5, 5.41) is 0. The molecule has 0 atom stereocenters. The van der Waals surface area contributed by atoms with Gasteiger partial charge in [-0.05, 0) is 61.6 Å². The number of hydrogen-bond donors (Lipinski definition) is 0. The van der Waals surface area contributed by atoms with Crippen molar-refractivity contribution >= 4 is 5.78 Å². The summed E-state index contributed by atoms with van der Waals surface area (Å²) in [4.78, 5) is 12.5. The Bertz CT molecular complexity index is 692. The monoisotopic (exact) mass is 284 g/mol. The van der Waals surface area contributed by atoms with E-state index in [1.807, 2.05) is 19.1 Å². The molecule has 0 aliphatic carbocycles. The molecule has 1 aliphatic rings. The molecule has 2 nitrogen and oxygen atoms in total. The minimum absolute atomic E-state index is 0.148. The fraction of sp³-hybridized carbons (Fsp3) is 0.278. The van der Waals surface area contributed by atoms with Crippen molar-refractivity contribution in [1.29, 1.82) is 0 Å². The highest BCUT2D eigenvalue weighted by atomic mass is 19.1. The van der Waals surface area contributed by atoms with Crippen LogP contribution in [0.1, 0.15) is 39.9 Å². The van der Waals surface area contributed by atoms with E-state index in [-0.39, 0.29) is 5.78 Å². The molecular formula is C18H17FO2. The lowest BCUT2D eigenvalue weighted by Crippen LogP contribution is -2.05. The van der Waals surface area contributed by atoms with Crippen molar-refractivity contribution in [3.05, 3.63) is 64.5 Å². The standard InChI is InChI=1S/C18H17FO2/c1-12-9-15(10-14-5-2-3-8-21-18(12)14)17(20)13-6-4-7-16(19)11-13/h4,6-7,9-11H,2-3,5,8H2,1H3. The van der Waals surface area contributed by atoms with E-state index in [0.717, 1.165) is 42.7 Å². The molecule has 0 unspecified atom stereocenters. The molecule has 3 heteroatoms. The van der Waals surface area contributed by atoms with Gasteiger partial charge in [0.25, 0.3) is 0 Å². The number of ether oxygens (including phenoxy) is 1. The van der Waals surface area contributed by atoms with E-state index >= 15 is 0 Å². The summed E-state index contributed by atoms with van der Waals surface area (Å²) in [5.41, 5.74) is 3.02. The number of carbonyl (C=O) groups is 1. The number of fused-ring (bicyclic) bond motifs is 1. The van der Waals surface area contributed by atoms with E-state index in [1.54, 1.807) is 12.1 Å². The van der Waals surface area contributed by atoms with Crippen LogP contribution in [0.15, 0.2) is 36.4 Å². The fourth-order valence-electron chi connectivity index (χ4n) is 2.76. The second-order valence-corrected chi connectivity index (χ2v) is 5.43. The maximum atomic E-state index is 13.3. The van der Waals surface area contributed by atoms with E-state index < -0.39 is 5.82 Å². The van der Waals surface area contributed by atoms with Gasteiger partial charge in [0.05, 0.1) is 6.61 Å². The molecule has 0 saturated heterocycles. The van der Waals surface area contributed by atoms with E-state index in [2.05, 4.69) is 0 Å². The van der Waals surface area contributed by atoms with Crippen LogP contribution in [-0.2, 0) is 6.42 Å². The molecule has 0 bridgehead atoms. The van der Waals surface area contributed by atoms with E-state index in [4.69, 9.17) is 4.74 Å². The summed E-state index contributed by atoms with van der Waals surface area (Å²) < 4.78 is 19.0. The molecule has 21 heavy (non-hydrogen) atoms.